The van der Waals surface area contributed by atoms with Crippen LogP contribution in [0, 0.1) is 5.92 Å². The van der Waals surface area contributed by atoms with Crippen LogP contribution in [-0.4, -0.2) is 26.8 Å². The summed E-state index contributed by atoms with van der Waals surface area (Å²) in [5.41, 5.74) is 3.28. The van der Waals surface area contributed by atoms with E-state index in [1.807, 2.05) is 75.5 Å². The van der Waals surface area contributed by atoms with Gasteiger partial charge in [0.15, 0.2) is 5.78 Å². The van der Waals surface area contributed by atoms with Gasteiger partial charge >= 0.3 is 0 Å². The summed E-state index contributed by atoms with van der Waals surface area (Å²) in [6.45, 7) is 7.77. The molecule has 0 aliphatic carbocycles. The van der Waals surface area contributed by atoms with Gasteiger partial charge in [0.05, 0.1) is 27.7 Å². The van der Waals surface area contributed by atoms with Crippen molar-refractivity contribution >= 4 is 28.2 Å². The summed E-state index contributed by atoms with van der Waals surface area (Å²) in [6, 6.07) is 15.5. The van der Waals surface area contributed by atoms with Gasteiger partial charge in [0.1, 0.15) is 5.69 Å². The fourth-order valence-electron chi connectivity index (χ4n) is 2.66. The number of nitrogens with zero attached hydrogens (tertiary/aromatic N) is 2. The number of para-hydroxylation sites is 2. The van der Waals surface area contributed by atoms with Gasteiger partial charge in [-0.3, -0.25) is 4.79 Å². The number of carbonyl (C=O) groups is 1. The molecule has 4 rings (SSSR count). The number of aromatic amines is 1. The first-order valence-electron chi connectivity index (χ1n) is 9.60. The van der Waals surface area contributed by atoms with E-state index in [2.05, 4.69) is 9.97 Å². The number of benzene rings is 1. The number of rotatable bonds is 5. The van der Waals surface area contributed by atoms with Crippen molar-refractivity contribution in [2.24, 2.45) is 5.92 Å². The Balaban J connectivity index is 0.000000249. The average molecular weight is 424 g/mol. The van der Waals surface area contributed by atoms with Crippen molar-refractivity contribution in [1.82, 2.24) is 15.0 Å². The summed E-state index contributed by atoms with van der Waals surface area (Å²) in [7, 11) is 0. The van der Waals surface area contributed by atoms with Crippen LogP contribution in [0.25, 0.3) is 21.6 Å². The van der Waals surface area contributed by atoms with E-state index in [0.29, 0.717) is 11.6 Å². The minimum absolute atomic E-state index is 0. The van der Waals surface area contributed by atoms with E-state index in [0.717, 1.165) is 21.6 Å². The minimum Gasteiger partial charge on any atom is -0.473 e. The second-order valence-electron chi connectivity index (χ2n) is 7.11. The van der Waals surface area contributed by atoms with Crippen LogP contribution in [0.1, 0.15) is 45.6 Å². The minimum atomic E-state index is 0. The zero-order valence-electron chi connectivity index (χ0n) is 17.0. The third-order valence-corrected chi connectivity index (χ3v) is 4.90. The van der Waals surface area contributed by atoms with Crippen LogP contribution in [0.2, 0.25) is 0 Å². The third-order valence-electron chi connectivity index (χ3n) is 4.03. The lowest BCUT2D eigenvalue weighted by Crippen LogP contribution is -2.08. The number of ketones is 1. The Morgan fingerprint density at radius 3 is 2.20 bits per heavy atom. The Labute approximate surface area is 182 Å². The molecule has 6 heteroatoms. The lowest BCUT2D eigenvalue weighted by molar-refractivity contribution is 0.0935. The molecule has 158 valence electrons. The van der Waals surface area contributed by atoms with Crippen LogP contribution in [0.3, 0.4) is 0 Å². The van der Waals surface area contributed by atoms with E-state index in [1.54, 1.807) is 23.6 Å². The molecule has 30 heavy (non-hydrogen) atoms. The number of hydrogen-bond donors (Lipinski definition) is 1. The summed E-state index contributed by atoms with van der Waals surface area (Å²) < 4.78 is 5.81. The molecule has 0 radical (unpaired) electrons. The summed E-state index contributed by atoms with van der Waals surface area (Å²) in [5.74, 6) is 0.861. The molecule has 0 saturated carbocycles. The SMILES string of the molecule is C.CC(C)C(=O)c1ccc[nH]1.CC(C)Oc1nc2ccccc2nc1-c1cccs1. The number of H-pyrrole nitrogens is 1. The van der Waals surface area contributed by atoms with Gasteiger partial charge in [0.25, 0.3) is 0 Å². The van der Waals surface area contributed by atoms with Crippen molar-refractivity contribution in [1.29, 1.82) is 0 Å². The first-order chi connectivity index (χ1) is 14.0. The summed E-state index contributed by atoms with van der Waals surface area (Å²) >= 11 is 1.64. The average Bonchev–Trinajstić information content (AvgIpc) is 3.41. The predicted molar refractivity (Wildman–Crippen MR) is 125 cm³/mol. The Morgan fingerprint density at radius 2 is 1.67 bits per heavy atom. The second-order valence-corrected chi connectivity index (χ2v) is 8.06. The largest absolute Gasteiger partial charge is 0.473 e. The Kier molecular flexibility index (Phi) is 8.30. The third kappa shape index (κ3) is 5.76. The molecular formula is C24H29N3O2S. The van der Waals surface area contributed by atoms with Crippen molar-refractivity contribution in [2.45, 2.75) is 41.2 Å². The quantitative estimate of drug-likeness (QED) is 0.366. The Hall–Kier alpha value is -2.99. The highest BCUT2D eigenvalue weighted by Gasteiger charge is 2.14. The van der Waals surface area contributed by atoms with Crippen LogP contribution < -0.4 is 4.74 Å². The normalized spacial score (nSPS) is 10.5. The lowest BCUT2D eigenvalue weighted by Gasteiger charge is -2.12. The van der Waals surface area contributed by atoms with E-state index >= 15 is 0 Å². The number of Topliss-reactive ketones (excluding diaryl/α,β-unsaturated/α-hetero) is 1. The van der Waals surface area contributed by atoms with Gasteiger partial charge in [-0.2, -0.15) is 0 Å². The zero-order valence-corrected chi connectivity index (χ0v) is 17.9. The van der Waals surface area contributed by atoms with Crippen LogP contribution in [0.4, 0.5) is 0 Å². The van der Waals surface area contributed by atoms with Crippen LogP contribution >= 0.6 is 11.3 Å². The number of fused-ring (bicyclic) bond motifs is 1. The fourth-order valence-corrected chi connectivity index (χ4v) is 3.36. The van der Waals surface area contributed by atoms with Gasteiger partial charge in [0, 0.05) is 12.1 Å². The van der Waals surface area contributed by atoms with Crippen molar-refractivity contribution in [3.8, 4) is 16.5 Å². The van der Waals surface area contributed by atoms with Gasteiger partial charge < -0.3 is 9.72 Å². The summed E-state index contributed by atoms with van der Waals surface area (Å²) in [4.78, 5) is 24.4. The molecule has 0 unspecified atom stereocenters. The van der Waals surface area contributed by atoms with Crippen LogP contribution in [-0.2, 0) is 0 Å². The van der Waals surface area contributed by atoms with Gasteiger partial charge in [-0.1, -0.05) is 39.5 Å². The van der Waals surface area contributed by atoms with Crippen molar-refractivity contribution in [2.75, 3.05) is 0 Å². The highest BCUT2D eigenvalue weighted by molar-refractivity contribution is 7.13. The maximum Gasteiger partial charge on any atom is 0.242 e. The molecule has 0 saturated heterocycles. The maximum absolute atomic E-state index is 11.2. The van der Waals surface area contributed by atoms with Crippen molar-refractivity contribution in [3.05, 3.63) is 65.8 Å². The molecule has 0 spiro atoms. The smallest absolute Gasteiger partial charge is 0.242 e. The Bertz CT molecular complexity index is 1060. The highest BCUT2D eigenvalue weighted by Crippen LogP contribution is 2.32. The molecule has 3 heterocycles. The first-order valence-corrected chi connectivity index (χ1v) is 10.5. The second kappa shape index (κ2) is 10.7. The molecule has 1 N–H and O–H groups in total. The van der Waals surface area contributed by atoms with Crippen LogP contribution in [0.15, 0.2) is 60.1 Å². The molecule has 0 amide bonds. The molecule has 0 aliphatic heterocycles. The molecule has 0 bridgehead atoms. The molecule has 3 aromatic heterocycles. The topological polar surface area (TPSA) is 67.9 Å². The number of thiophene rings is 1. The van der Waals surface area contributed by atoms with Crippen molar-refractivity contribution < 1.29 is 9.53 Å². The molecule has 5 nitrogen and oxygen atoms in total. The number of nitrogens with one attached hydrogen (secondary N) is 1. The fraction of sp³-hybridized carbons (Fsp3) is 0.292. The van der Waals surface area contributed by atoms with E-state index in [1.165, 1.54) is 0 Å². The number of ether oxygens (including phenoxy) is 1. The van der Waals surface area contributed by atoms with Gasteiger partial charge in [-0.05, 0) is 49.6 Å². The van der Waals surface area contributed by atoms with Gasteiger partial charge in [-0.25, -0.2) is 9.97 Å². The molecular weight excluding hydrogens is 394 g/mol. The van der Waals surface area contributed by atoms with E-state index < -0.39 is 0 Å². The van der Waals surface area contributed by atoms with Crippen molar-refractivity contribution in [3.63, 3.8) is 0 Å². The number of hydrogen-bond acceptors (Lipinski definition) is 5. The van der Waals surface area contributed by atoms with E-state index in [4.69, 9.17) is 9.72 Å². The molecule has 0 atom stereocenters. The zero-order chi connectivity index (χ0) is 20.8. The number of aromatic nitrogens is 3. The molecule has 4 aromatic rings. The van der Waals surface area contributed by atoms with Gasteiger partial charge in [0.2, 0.25) is 5.88 Å². The Morgan fingerprint density at radius 1 is 0.967 bits per heavy atom. The maximum atomic E-state index is 11.2. The number of carbonyl (C=O) groups excluding carboxylic acids is 1. The van der Waals surface area contributed by atoms with Gasteiger partial charge in [-0.15, -0.1) is 11.3 Å². The molecule has 0 fully saturated rings. The van der Waals surface area contributed by atoms with E-state index in [9.17, 15) is 4.79 Å². The lowest BCUT2D eigenvalue weighted by atomic mass is 10.1. The van der Waals surface area contributed by atoms with E-state index in [-0.39, 0.29) is 25.2 Å². The molecule has 1 aromatic carbocycles. The highest BCUT2D eigenvalue weighted by atomic mass is 32.1. The monoisotopic (exact) mass is 423 g/mol. The summed E-state index contributed by atoms with van der Waals surface area (Å²) in [6.07, 6.45) is 1.84. The first kappa shape index (κ1) is 23.3. The summed E-state index contributed by atoms with van der Waals surface area (Å²) in [5, 5.41) is 2.03. The predicted octanol–water partition coefficient (Wildman–Crippen LogP) is 6.64. The van der Waals surface area contributed by atoms with Crippen LogP contribution in [0.5, 0.6) is 5.88 Å². The molecule has 0 aliphatic rings. The standard InChI is InChI=1S/C15H14N2OS.C8H11NO.CH4/c1-10(2)18-15-14(13-8-5-9-19-13)16-11-6-3-4-7-12(11)17-15;1-6(2)8(10)7-4-3-5-9-7;/h3-10H,1-2H3;3-6,9H,1-2H3;1H4.